The van der Waals surface area contributed by atoms with E-state index in [1.54, 1.807) is 0 Å². The van der Waals surface area contributed by atoms with Gasteiger partial charge in [0.05, 0.1) is 6.61 Å². The molecule has 0 spiro atoms. The van der Waals surface area contributed by atoms with Gasteiger partial charge in [-0.15, -0.1) is 0 Å². The van der Waals surface area contributed by atoms with Crippen LogP contribution >= 0.6 is 0 Å². The van der Waals surface area contributed by atoms with Gasteiger partial charge in [-0.2, -0.15) is 0 Å². The molecule has 0 unspecified atom stereocenters. The molecule has 1 amide bonds. The molecule has 0 aromatic carbocycles. The van der Waals surface area contributed by atoms with Gasteiger partial charge in [0.2, 0.25) is 5.91 Å². The molecule has 0 saturated carbocycles. The van der Waals surface area contributed by atoms with Crippen LogP contribution in [0.4, 0.5) is 0 Å². The predicted octanol–water partition coefficient (Wildman–Crippen LogP) is -2.65. The molecule has 1 heterocycles. The summed E-state index contributed by atoms with van der Waals surface area (Å²) in [4.78, 5) is 32.8. The van der Waals surface area contributed by atoms with Gasteiger partial charge in [-0.1, -0.05) is 0 Å². The van der Waals surface area contributed by atoms with Gasteiger partial charge in [-0.05, 0) is 0 Å². The Bertz CT molecular complexity index is 332. The minimum Gasteiger partial charge on any atom is -0.393 e. The Morgan fingerprint density at radius 2 is 2.28 bits per heavy atom. The summed E-state index contributed by atoms with van der Waals surface area (Å²) in [6.07, 6.45) is -3.51. The van der Waals surface area contributed by atoms with Gasteiger partial charge < -0.3 is 29.8 Å². The number of hydrogen-bond acceptors (Lipinski definition) is 7. The smallest absolute Gasteiger partial charge is 0.217 e. The van der Waals surface area contributed by atoms with Gasteiger partial charge in [0.15, 0.2) is 12.1 Å². The van der Waals surface area contributed by atoms with E-state index in [0.717, 1.165) is 0 Å². The van der Waals surface area contributed by atoms with Crippen LogP contribution in [0.15, 0.2) is 0 Å². The first kappa shape index (κ1) is 14.7. The molecular formula is C10H15NO7. The summed E-state index contributed by atoms with van der Waals surface area (Å²) in [5, 5.41) is 21.0. The van der Waals surface area contributed by atoms with Crippen LogP contribution in [0.3, 0.4) is 0 Å². The fourth-order valence-electron chi connectivity index (χ4n) is 1.62. The van der Waals surface area contributed by atoms with E-state index >= 15 is 0 Å². The topological polar surface area (TPSA) is 122 Å². The lowest BCUT2D eigenvalue weighted by Crippen LogP contribution is -2.62. The van der Waals surface area contributed by atoms with E-state index in [4.69, 9.17) is 14.6 Å². The van der Waals surface area contributed by atoms with Crippen LogP contribution in [-0.2, 0) is 23.9 Å². The molecule has 1 saturated heterocycles. The number of aldehydes is 1. The fraction of sp³-hybridized carbons (Fsp3) is 0.700. The van der Waals surface area contributed by atoms with Crippen molar-refractivity contribution >= 4 is 18.0 Å². The number of aliphatic hydroxyl groups excluding tert-OH is 2. The van der Waals surface area contributed by atoms with Crippen molar-refractivity contribution in [3.05, 3.63) is 0 Å². The predicted molar refractivity (Wildman–Crippen MR) is 56.4 cm³/mol. The lowest BCUT2D eigenvalue weighted by molar-refractivity contribution is -0.225. The highest BCUT2D eigenvalue weighted by Crippen LogP contribution is 2.18. The van der Waals surface area contributed by atoms with Crippen LogP contribution in [0.2, 0.25) is 0 Å². The van der Waals surface area contributed by atoms with Crippen molar-refractivity contribution in [2.45, 2.75) is 31.5 Å². The van der Waals surface area contributed by atoms with E-state index in [1.165, 1.54) is 6.92 Å². The van der Waals surface area contributed by atoms with Crippen LogP contribution in [0.1, 0.15) is 6.92 Å². The largest absolute Gasteiger partial charge is 0.393 e. The maximum absolute atomic E-state index is 11.6. The Balaban J connectivity index is 2.82. The van der Waals surface area contributed by atoms with E-state index < -0.39 is 42.8 Å². The zero-order chi connectivity index (χ0) is 13.7. The van der Waals surface area contributed by atoms with Crippen LogP contribution in [0, 0.1) is 0 Å². The highest BCUT2D eigenvalue weighted by molar-refractivity contribution is 5.89. The SMILES string of the molecule is CC(=O)N[C@H]1[C@H](OCC=O)O[C@H](CO)C(=O)[C@@H]1O. The first-order chi connectivity index (χ1) is 8.51. The molecule has 1 aliphatic heterocycles. The van der Waals surface area contributed by atoms with Crippen molar-refractivity contribution in [2.75, 3.05) is 13.2 Å². The number of carbonyl (C=O) groups is 3. The quantitative estimate of drug-likeness (QED) is 0.462. The number of hydrogen-bond donors (Lipinski definition) is 3. The second kappa shape index (κ2) is 6.55. The van der Waals surface area contributed by atoms with Crippen molar-refractivity contribution in [3.63, 3.8) is 0 Å². The van der Waals surface area contributed by atoms with E-state index in [1.807, 2.05) is 0 Å². The summed E-state index contributed by atoms with van der Waals surface area (Å²) in [6, 6.07) is -1.11. The summed E-state index contributed by atoms with van der Waals surface area (Å²) in [5.41, 5.74) is 0. The van der Waals surface area contributed by atoms with E-state index in [-0.39, 0.29) is 6.61 Å². The standard InChI is InChI=1S/C10H15NO7/c1-5(14)11-7-9(16)8(15)6(4-13)18-10(7)17-3-2-12/h2,6-7,9-10,13,16H,3-4H2,1H3,(H,11,14)/t6-,7-,9-,10-/m1/s1. The number of carbonyl (C=O) groups excluding carboxylic acids is 3. The summed E-state index contributed by atoms with van der Waals surface area (Å²) >= 11 is 0. The van der Waals surface area contributed by atoms with Gasteiger partial charge in [-0.25, -0.2) is 0 Å². The van der Waals surface area contributed by atoms with Crippen LogP contribution < -0.4 is 5.32 Å². The minimum absolute atomic E-state index is 0.320. The zero-order valence-corrected chi connectivity index (χ0v) is 9.74. The third-order valence-electron chi connectivity index (χ3n) is 2.40. The Labute approximate surface area is 103 Å². The molecule has 1 rings (SSSR count). The molecule has 8 heteroatoms. The molecule has 1 fully saturated rings. The summed E-state index contributed by atoms with van der Waals surface area (Å²) in [6.45, 7) is 0.259. The maximum Gasteiger partial charge on any atom is 0.217 e. The van der Waals surface area contributed by atoms with Crippen molar-refractivity contribution < 1.29 is 34.1 Å². The molecule has 18 heavy (non-hydrogen) atoms. The van der Waals surface area contributed by atoms with Gasteiger partial charge in [0.1, 0.15) is 31.1 Å². The number of nitrogens with one attached hydrogen (secondary N) is 1. The highest BCUT2D eigenvalue weighted by atomic mass is 16.7. The molecule has 1 aliphatic rings. The lowest BCUT2D eigenvalue weighted by atomic mass is 9.98. The van der Waals surface area contributed by atoms with E-state index in [9.17, 15) is 19.5 Å². The summed E-state index contributed by atoms with van der Waals surface area (Å²) in [5.74, 6) is -1.24. The molecular weight excluding hydrogens is 246 g/mol. The third kappa shape index (κ3) is 3.33. The number of ether oxygens (including phenoxy) is 2. The van der Waals surface area contributed by atoms with Gasteiger partial charge in [0, 0.05) is 6.92 Å². The Kier molecular flexibility index (Phi) is 5.35. The molecule has 0 radical (unpaired) electrons. The number of rotatable bonds is 5. The van der Waals surface area contributed by atoms with Crippen molar-refractivity contribution in [1.29, 1.82) is 0 Å². The number of aliphatic hydroxyl groups is 2. The first-order valence-corrected chi connectivity index (χ1v) is 5.31. The molecule has 4 atom stereocenters. The lowest BCUT2D eigenvalue weighted by Gasteiger charge is -2.37. The molecule has 0 aromatic heterocycles. The van der Waals surface area contributed by atoms with Gasteiger partial charge in [-0.3, -0.25) is 9.59 Å². The normalized spacial score (nSPS) is 32.1. The molecule has 8 nitrogen and oxygen atoms in total. The third-order valence-corrected chi connectivity index (χ3v) is 2.40. The number of Topliss-reactive ketones (excluding diaryl/α,β-unsaturated/α-hetero) is 1. The summed E-state index contributed by atoms with van der Waals surface area (Å²) in [7, 11) is 0. The van der Waals surface area contributed by atoms with E-state index in [0.29, 0.717) is 6.29 Å². The van der Waals surface area contributed by atoms with Crippen LogP contribution in [0.25, 0.3) is 0 Å². The monoisotopic (exact) mass is 261 g/mol. The first-order valence-electron chi connectivity index (χ1n) is 5.31. The highest BCUT2D eigenvalue weighted by Gasteiger charge is 2.45. The number of amides is 1. The Morgan fingerprint density at radius 1 is 1.61 bits per heavy atom. The fourth-order valence-corrected chi connectivity index (χ4v) is 1.62. The molecule has 0 aliphatic carbocycles. The van der Waals surface area contributed by atoms with Crippen LogP contribution in [-0.4, -0.2) is 65.9 Å². The van der Waals surface area contributed by atoms with Crippen molar-refractivity contribution in [1.82, 2.24) is 5.32 Å². The average Bonchev–Trinajstić information content (AvgIpc) is 2.33. The molecule has 0 bridgehead atoms. The maximum atomic E-state index is 11.6. The minimum atomic E-state index is -1.56. The van der Waals surface area contributed by atoms with Crippen molar-refractivity contribution in [2.24, 2.45) is 0 Å². The van der Waals surface area contributed by atoms with Crippen LogP contribution in [0.5, 0.6) is 0 Å². The zero-order valence-electron chi connectivity index (χ0n) is 9.74. The van der Waals surface area contributed by atoms with Gasteiger partial charge in [0.25, 0.3) is 0 Å². The second-order valence-corrected chi connectivity index (χ2v) is 3.75. The summed E-state index contributed by atoms with van der Waals surface area (Å²) < 4.78 is 10.0. The van der Waals surface area contributed by atoms with Crippen molar-refractivity contribution in [3.8, 4) is 0 Å². The molecule has 102 valence electrons. The average molecular weight is 261 g/mol. The second-order valence-electron chi connectivity index (χ2n) is 3.75. The Morgan fingerprint density at radius 3 is 2.78 bits per heavy atom. The Hall–Kier alpha value is -1.35. The number of ketones is 1. The van der Waals surface area contributed by atoms with E-state index in [2.05, 4.69) is 5.32 Å². The molecule has 3 N–H and O–H groups in total. The molecule has 0 aromatic rings. The van der Waals surface area contributed by atoms with Gasteiger partial charge >= 0.3 is 0 Å².